The zero-order chi connectivity index (χ0) is 59.2. The summed E-state index contributed by atoms with van der Waals surface area (Å²) in [7, 11) is -32.2. The Morgan fingerprint density at radius 3 is 0.895 bits per heavy atom. The van der Waals surface area contributed by atoms with Crippen LogP contribution in [0.25, 0.3) is 12.2 Å². The van der Waals surface area contributed by atoms with Crippen LogP contribution in [0.2, 0.25) is 0 Å². The van der Waals surface area contributed by atoms with Gasteiger partial charge in [-0.1, -0.05) is 24.3 Å². The summed E-state index contributed by atoms with van der Waals surface area (Å²) in [6.07, 6.45) is 1.84. The van der Waals surface area contributed by atoms with Gasteiger partial charge >= 0.3 is 177 Å². The van der Waals surface area contributed by atoms with Crippen molar-refractivity contribution >= 4 is 131 Å². The van der Waals surface area contributed by atoms with Crippen molar-refractivity contribution in [3.8, 4) is 0 Å². The van der Waals surface area contributed by atoms with Gasteiger partial charge in [0.25, 0.3) is 0 Å². The average Bonchev–Trinajstić information content (AvgIpc) is 3.34. The number of hydrogen-bond donors (Lipinski definition) is 8. The molecule has 2 aromatic heterocycles. The standard InChI is InChI=1S/C40H44N12O22S6.6Na/c53-15-11-51(12-16-54)39-47-35(45-37(49-39)43-29-21-27(75(57,58)59)7-9-31(29)77(63,64)65)41-25-5-3-23(33(19-25)79(69,70)71)1-2-24-4-6-26(20-34(24)80(72,73)74)42-36-46-38(50-40(48-36)52(13-17-55)14-18-56)44-30-22-28(76(60,61)62)8-10-32(30)78(66,67)68;;;;;;/h1-10,19-22,53-56H,11-18H2,(H,57,58,59)(H,60,61,62)(H,63,64,65)(H,66,67,68)(H,69,70,71)(H,72,73,74)(H2,41,43,45,47,49)(H2,42,44,46,48,50);;;;;;/q;6*+1/p-6. The van der Waals surface area contributed by atoms with Gasteiger partial charge in [0.1, 0.15) is 60.7 Å². The van der Waals surface area contributed by atoms with E-state index in [1.807, 2.05) is 0 Å². The summed E-state index contributed by atoms with van der Waals surface area (Å²) < 4.78 is 219. The Morgan fingerprint density at radius 2 is 0.640 bits per heavy atom. The van der Waals surface area contributed by atoms with Crippen molar-refractivity contribution in [3.63, 3.8) is 0 Å². The Morgan fingerprint density at radius 1 is 0.360 bits per heavy atom. The van der Waals surface area contributed by atoms with E-state index in [1.165, 1.54) is 0 Å². The molecule has 86 heavy (non-hydrogen) atoms. The van der Waals surface area contributed by atoms with Gasteiger partial charge in [0.2, 0.25) is 35.7 Å². The molecular weight excluding hydrogens is 1330 g/mol. The molecule has 0 atom stereocenters. The fraction of sp³-hybridized carbons (Fsp3) is 0.200. The van der Waals surface area contributed by atoms with Gasteiger partial charge in [0.15, 0.2) is 0 Å². The smallest absolute Gasteiger partial charge is 0.744 e. The van der Waals surface area contributed by atoms with Crippen molar-refractivity contribution in [1.82, 2.24) is 29.9 Å². The molecule has 8 N–H and O–H groups in total. The number of aliphatic hydroxyl groups is 4. The predicted octanol–water partition coefficient (Wildman–Crippen LogP) is -19.8. The second-order valence-electron chi connectivity index (χ2n) is 15.8. The van der Waals surface area contributed by atoms with E-state index in [2.05, 4.69) is 51.2 Å². The second-order valence-corrected chi connectivity index (χ2v) is 24.0. The maximum Gasteiger partial charge on any atom is 1.00 e. The van der Waals surface area contributed by atoms with Gasteiger partial charge in [-0.3, -0.25) is 0 Å². The van der Waals surface area contributed by atoms with Crippen molar-refractivity contribution in [3.05, 3.63) is 83.9 Å². The average molecular weight is 1370 g/mol. The molecule has 46 heteroatoms. The van der Waals surface area contributed by atoms with Gasteiger partial charge in [-0.15, -0.1) is 0 Å². The van der Waals surface area contributed by atoms with Crippen LogP contribution in [0.4, 0.5) is 58.4 Å². The summed E-state index contributed by atoms with van der Waals surface area (Å²) in [6.45, 7) is -3.30. The van der Waals surface area contributed by atoms with Crippen LogP contribution in [-0.2, 0) is 60.7 Å². The van der Waals surface area contributed by atoms with E-state index in [-0.39, 0.29) is 215 Å². The summed E-state index contributed by atoms with van der Waals surface area (Å²) in [6, 6.07) is 8.92. The molecule has 0 aliphatic rings. The molecule has 6 rings (SSSR count). The minimum absolute atomic E-state index is 0. The van der Waals surface area contributed by atoms with Crippen LogP contribution >= 0.6 is 0 Å². The Kier molecular flexibility index (Phi) is 35.2. The van der Waals surface area contributed by atoms with E-state index >= 15 is 0 Å². The van der Waals surface area contributed by atoms with E-state index in [1.54, 1.807) is 0 Å². The summed E-state index contributed by atoms with van der Waals surface area (Å²) in [5, 5.41) is 48.4. The van der Waals surface area contributed by atoms with Gasteiger partial charge in [0.05, 0.1) is 67.2 Å². The predicted molar refractivity (Wildman–Crippen MR) is 268 cm³/mol. The van der Waals surface area contributed by atoms with Gasteiger partial charge in [-0.2, -0.15) is 29.9 Å². The van der Waals surface area contributed by atoms with Crippen LogP contribution in [-0.4, -0.2) is 181 Å². The monoisotopic (exact) mass is 1370 g/mol. The third kappa shape index (κ3) is 24.0. The third-order valence-corrected chi connectivity index (χ3v) is 15.6. The molecule has 0 unspecified atom stereocenters. The van der Waals surface area contributed by atoms with Gasteiger partial charge < -0.3 is 78.8 Å². The first kappa shape index (κ1) is 84.7. The largest absolute Gasteiger partial charge is 1.00 e. The summed E-state index contributed by atoms with van der Waals surface area (Å²) in [4.78, 5) is 20.7. The molecule has 0 saturated heterocycles. The van der Waals surface area contributed by atoms with Gasteiger partial charge in [0, 0.05) is 37.6 Å². The molecule has 432 valence electrons. The van der Waals surface area contributed by atoms with Crippen LogP contribution < -0.4 is 208 Å². The maximum absolute atomic E-state index is 12.7. The normalized spacial score (nSPS) is 11.7. The minimum atomic E-state index is -5.47. The van der Waals surface area contributed by atoms with Crippen LogP contribution in [0.15, 0.2) is 102 Å². The summed E-state index contributed by atoms with van der Waals surface area (Å²) in [5.41, 5.74) is -3.03. The maximum atomic E-state index is 12.7. The molecule has 6 aromatic rings. The summed E-state index contributed by atoms with van der Waals surface area (Å²) >= 11 is 0. The number of benzene rings is 4. The Bertz CT molecular complexity index is 3830. The van der Waals surface area contributed by atoms with Crippen LogP contribution in [0.3, 0.4) is 0 Å². The molecule has 0 spiro atoms. The molecule has 34 nitrogen and oxygen atoms in total. The molecule has 0 saturated carbocycles. The van der Waals surface area contributed by atoms with Crippen LogP contribution in [0, 0.1) is 0 Å². The van der Waals surface area contributed by atoms with Crippen molar-refractivity contribution in [2.45, 2.75) is 29.4 Å². The van der Waals surface area contributed by atoms with E-state index in [0.717, 1.165) is 58.4 Å². The van der Waals surface area contributed by atoms with Gasteiger partial charge in [-0.25, -0.2) is 50.5 Å². The fourth-order valence-corrected chi connectivity index (χ4v) is 10.5. The van der Waals surface area contributed by atoms with Crippen LogP contribution in [0.5, 0.6) is 0 Å². The molecule has 2 heterocycles. The molecule has 0 aliphatic carbocycles. The van der Waals surface area contributed by atoms with Crippen LogP contribution in [0.1, 0.15) is 11.1 Å². The van der Waals surface area contributed by atoms with E-state index < -0.39 is 175 Å². The van der Waals surface area contributed by atoms with Crippen molar-refractivity contribution < 1.29 is 276 Å². The SMILES string of the molecule is O=S(=O)([O-])c1ccc(S(=O)(=O)[O-])c(Nc2nc(Nc3ccc(C=Cc4ccc(Nc5nc(Nc6cc(S(=O)(=O)[O-])ccc6S(=O)(=O)[O-])nc(N(CCO)CCO)n5)cc4S(=O)(=O)[O-])c(S(=O)(=O)[O-])c3)nc(N(CCO)CCO)n2)c1.[Na+].[Na+].[Na+].[Na+].[Na+].[Na+]. The first-order valence-electron chi connectivity index (χ1n) is 21.7. The quantitative estimate of drug-likeness (QED) is 0.0142. The van der Waals surface area contributed by atoms with Gasteiger partial charge in [-0.05, 0) is 71.8 Å². The minimum Gasteiger partial charge on any atom is -0.744 e. The van der Waals surface area contributed by atoms with E-state index in [9.17, 15) is 98.2 Å². The number of aliphatic hydroxyl groups excluding tert-OH is 4. The van der Waals surface area contributed by atoms with E-state index in [0.29, 0.717) is 36.4 Å². The molecule has 0 fully saturated rings. The molecule has 0 bridgehead atoms. The fourth-order valence-electron chi connectivity index (χ4n) is 6.91. The molecule has 0 aliphatic heterocycles. The van der Waals surface area contributed by atoms with E-state index in [4.69, 9.17) is 0 Å². The zero-order valence-corrected chi connectivity index (χ0v) is 62.8. The molecule has 0 radical (unpaired) electrons. The topological polar surface area (TPSA) is 556 Å². The number of hydrogen-bond acceptors (Lipinski definition) is 34. The number of nitrogens with zero attached hydrogens (tertiary/aromatic N) is 8. The van der Waals surface area contributed by atoms with Crippen molar-refractivity contribution in [2.24, 2.45) is 0 Å². The third-order valence-electron chi connectivity index (χ3n) is 10.3. The Labute approximate surface area is 624 Å². The Balaban J connectivity index is 0.0000120. The number of rotatable bonds is 26. The number of nitrogens with one attached hydrogen (secondary N) is 4. The first-order valence-corrected chi connectivity index (χ1v) is 30.2. The Hall–Kier alpha value is -1.26. The molecule has 0 amide bonds. The molecular formula is C40H38N12Na6O22S6. The van der Waals surface area contributed by atoms with Crippen molar-refractivity contribution in [2.75, 3.05) is 83.7 Å². The number of aromatic nitrogens is 6. The van der Waals surface area contributed by atoms with Crippen molar-refractivity contribution in [1.29, 1.82) is 0 Å². The zero-order valence-electron chi connectivity index (χ0n) is 45.9. The first-order chi connectivity index (χ1) is 37.2. The number of anilines is 10. The second kappa shape index (κ2) is 35.7. The summed E-state index contributed by atoms with van der Waals surface area (Å²) in [5.74, 6) is -3.27. The molecule has 4 aromatic carbocycles.